The van der Waals surface area contributed by atoms with Crippen molar-refractivity contribution in [3.8, 4) is 0 Å². The van der Waals surface area contributed by atoms with Crippen molar-refractivity contribution in [3.05, 3.63) is 42.2 Å². The first kappa shape index (κ1) is 15.0. The minimum atomic E-state index is 1.02. The zero-order valence-electron chi connectivity index (χ0n) is 14.4. The molecular formula is C19H27N3+2. The van der Waals surface area contributed by atoms with Crippen molar-refractivity contribution < 1.29 is 9.05 Å². The van der Waals surface area contributed by atoms with Crippen molar-refractivity contribution >= 4 is 21.8 Å². The minimum Gasteiger partial charge on any atom is -0.338 e. The number of benzene rings is 1. The van der Waals surface area contributed by atoms with Gasteiger partial charge in [-0.25, -0.2) is 4.57 Å². The Bertz CT molecular complexity index is 822. The van der Waals surface area contributed by atoms with E-state index in [0.29, 0.717) is 0 Å². The van der Waals surface area contributed by atoms with Crippen LogP contribution >= 0.6 is 0 Å². The van der Waals surface area contributed by atoms with Gasteiger partial charge in [0.05, 0.1) is 34.1 Å². The molecule has 0 aliphatic carbocycles. The van der Waals surface area contributed by atoms with Crippen LogP contribution in [0.25, 0.3) is 21.8 Å². The second-order valence-electron chi connectivity index (χ2n) is 7.30. The summed E-state index contributed by atoms with van der Waals surface area (Å²) >= 11 is 0. The third-order valence-corrected chi connectivity index (χ3v) is 4.57. The highest BCUT2D eigenvalue weighted by atomic mass is 15.3. The summed E-state index contributed by atoms with van der Waals surface area (Å²) in [5, 5.41) is 2.71. The van der Waals surface area contributed by atoms with Crippen LogP contribution in [0.4, 0.5) is 0 Å². The van der Waals surface area contributed by atoms with Gasteiger partial charge >= 0.3 is 0 Å². The molecule has 0 spiro atoms. The number of aromatic nitrogens is 2. The highest BCUT2D eigenvalue weighted by molar-refractivity contribution is 6.08. The molecule has 3 heteroatoms. The number of hydrogen-bond acceptors (Lipinski definition) is 0. The molecule has 0 N–H and O–H groups in total. The van der Waals surface area contributed by atoms with Crippen molar-refractivity contribution in [1.82, 2.24) is 4.57 Å². The van der Waals surface area contributed by atoms with Gasteiger partial charge in [0, 0.05) is 36.3 Å². The number of pyridine rings is 1. The standard InChI is InChI=1S/C19H27N3/c1-15-19-17(16-9-6-7-10-18(16)20(19)2)11-13-21(15)12-8-14-22(3,4)5/h6-7,9-11,13H,8,12,14H2,1-5H3/q+2. The monoisotopic (exact) mass is 297 g/mol. The molecule has 116 valence electrons. The van der Waals surface area contributed by atoms with E-state index in [-0.39, 0.29) is 0 Å². The van der Waals surface area contributed by atoms with Crippen molar-refractivity contribution in [2.24, 2.45) is 7.05 Å². The number of aryl methyl sites for hydroxylation is 3. The fraction of sp³-hybridized carbons (Fsp3) is 0.421. The van der Waals surface area contributed by atoms with Gasteiger partial charge in [-0.15, -0.1) is 0 Å². The minimum absolute atomic E-state index is 1.02. The molecule has 0 saturated carbocycles. The molecule has 0 bridgehead atoms. The van der Waals surface area contributed by atoms with Crippen LogP contribution in [0.15, 0.2) is 36.5 Å². The van der Waals surface area contributed by atoms with Crippen molar-refractivity contribution in [1.29, 1.82) is 0 Å². The van der Waals surface area contributed by atoms with Crippen molar-refractivity contribution in [3.63, 3.8) is 0 Å². The Labute approximate surface area is 133 Å². The lowest BCUT2D eigenvalue weighted by Gasteiger charge is -2.23. The summed E-state index contributed by atoms with van der Waals surface area (Å²) in [5.74, 6) is 0. The van der Waals surface area contributed by atoms with Crippen LogP contribution in [0.2, 0.25) is 0 Å². The Morgan fingerprint density at radius 3 is 2.50 bits per heavy atom. The predicted molar refractivity (Wildman–Crippen MR) is 92.9 cm³/mol. The molecule has 3 rings (SSSR count). The average Bonchev–Trinajstić information content (AvgIpc) is 2.75. The predicted octanol–water partition coefficient (Wildman–Crippen LogP) is 3.02. The first-order chi connectivity index (χ1) is 10.4. The third kappa shape index (κ3) is 2.61. The Kier molecular flexibility index (Phi) is 3.69. The van der Waals surface area contributed by atoms with Crippen LogP contribution in [0, 0.1) is 6.92 Å². The van der Waals surface area contributed by atoms with Gasteiger partial charge in [-0.05, 0) is 6.07 Å². The largest absolute Gasteiger partial charge is 0.338 e. The molecule has 22 heavy (non-hydrogen) atoms. The quantitative estimate of drug-likeness (QED) is 0.517. The molecule has 2 heterocycles. The van der Waals surface area contributed by atoms with E-state index in [1.54, 1.807) is 0 Å². The maximum Gasteiger partial charge on any atom is 0.202 e. The van der Waals surface area contributed by atoms with Crippen molar-refractivity contribution in [2.45, 2.75) is 19.9 Å². The second kappa shape index (κ2) is 5.40. The Hall–Kier alpha value is -1.87. The molecule has 0 radical (unpaired) electrons. The normalized spacial score (nSPS) is 12.4. The topological polar surface area (TPSA) is 8.81 Å². The summed E-state index contributed by atoms with van der Waals surface area (Å²) in [7, 11) is 8.94. The molecule has 0 aliphatic heterocycles. The molecule has 0 unspecified atom stereocenters. The molecule has 3 nitrogen and oxygen atoms in total. The van der Waals surface area contributed by atoms with E-state index in [1.807, 2.05) is 0 Å². The summed E-state index contributed by atoms with van der Waals surface area (Å²) < 4.78 is 5.75. The summed E-state index contributed by atoms with van der Waals surface area (Å²) in [6.07, 6.45) is 3.45. The number of nitrogens with zero attached hydrogens (tertiary/aromatic N) is 3. The van der Waals surface area contributed by atoms with E-state index in [2.05, 4.69) is 80.8 Å². The lowest BCUT2D eigenvalue weighted by Crippen LogP contribution is -2.41. The van der Waals surface area contributed by atoms with Gasteiger partial charge in [-0.2, -0.15) is 0 Å². The number of fused-ring (bicyclic) bond motifs is 3. The molecular weight excluding hydrogens is 270 g/mol. The van der Waals surface area contributed by atoms with E-state index in [9.17, 15) is 0 Å². The Morgan fingerprint density at radius 1 is 1.05 bits per heavy atom. The summed E-state index contributed by atoms with van der Waals surface area (Å²) in [6, 6.07) is 10.9. The van der Waals surface area contributed by atoms with Crippen LogP contribution in [-0.2, 0) is 13.6 Å². The maximum absolute atomic E-state index is 2.40. The molecule has 3 aromatic rings. The lowest BCUT2D eigenvalue weighted by atomic mass is 10.1. The molecule has 2 aromatic heterocycles. The van der Waals surface area contributed by atoms with Crippen LogP contribution in [0.3, 0.4) is 0 Å². The van der Waals surface area contributed by atoms with Crippen LogP contribution in [0.1, 0.15) is 12.1 Å². The van der Waals surface area contributed by atoms with Crippen LogP contribution in [0.5, 0.6) is 0 Å². The van der Waals surface area contributed by atoms with Gasteiger partial charge in [0.2, 0.25) is 5.69 Å². The molecule has 0 aliphatic rings. The molecule has 0 fully saturated rings. The van der Waals surface area contributed by atoms with Gasteiger partial charge < -0.3 is 9.05 Å². The number of rotatable bonds is 4. The number of quaternary nitrogens is 1. The fourth-order valence-electron chi connectivity index (χ4n) is 3.40. The van der Waals surface area contributed by atoms with Gasteiger partial charge in [-0.1, -0.05) is 18.2 Å². The molecule has 0 amide bonds. The maximum atomic E-state index is 2.40. The first-order valence-electron chi connectivity index (χ1n) is 8.05. The summed E-state index contributed by atoms with van der Waals surface area (Å²) in [6.45, 7) is 4.52. The highest BCUT2D eigenvalue weighted by Gasteiger charge is 2.18. The van der Waals surface area contributed by atoms with Crippen LogP contribution < -0.4 is 4.57 Å². The zero-order valence-corrected chi connectivity index (χ0v) is 14.4. The smallest absolute Gasteiger partial charge is 0.202 e. The molecule has 0 atom stereocenters. The van der Waals surface area contributed by atoms with E-state index >= 15 is 0 Å². The summed E-state index contributed by atoms with van der Waals surface area (Å²) in [4.78, 5) is 0. The number of para-hydroxylation sites is 1. The van der Waals surface area contributed by atoms with Crippen molar-refractivity contribution in [2.75, 3.05) is 27.7 Å². The third-order valence-electron chi connectivity index (χ3n) is 4.57. The van der Waals surface area contributed by atoms with Gasteiger partial charge in [0.25, 0.3) is 0 Å². The molecule has 1 aromatic carbocycles. The van der Waals surface area contributed by atoms with E-state index in [1.165, 1.54) is 40.5 Å². The zero-order chi connectivity index (χ0) is 15.9. The average molecular weight is 297 g/mol. The van der Waals surface area contributed by atoms with E-state index in [0.717, 1.165) is 11.0 Å². The second-order valence-corrected chi connectivity index (χ2v) is 7.30. The number of hydrogen-bond donors (Lipinski definition) is 0. The van der Waals surface area contributed by atoms with Gasteiger partial charge in [0.1, 0.15) is 5.52 Å². The van der Waals surface area contributed by atoms with Gasteiger partial charge in [0.15, 0.2) is 12.7 Å². The first-order valence-corrected chi connectivity index (χ1v) is 8.05. The fourth-order valence-corrected chi connectivity index (χ4v) is 3.40. The SMILES string of the molecule is Cc1c2c(cc[n+]1CCC[N+](C)(C)C)c1ccccc1n2C. The lowest BCUT2D eigenvalue weighted by molar-refractivity contribution is -0.873. The Balaban J connectivity index is 2.02. The van der Waals surface area contributed by atoms with Crippen LogP contribution in [-0.4, -0.2) is 36.7 Å². The highest BCUT2D eigenvalue weighted by Crippen LogP contribution is 2.28. The summed E-state index contributed by atoms with van der Waals surface area (Å²) in [5.41, 5.74) is 4.02. The van der Waals surface area contributed by atoms with E-state index in [4.69, 9.17) is 0 Å². The Morgan fingerprint density at radius 2 is 1.77 bits per heavy atom. The molecule has 0 saturated heterocycles. The van der Waals surface area contributed by atoms with Gasteiger partial charge in [-0.3, -0.25) is 0 Å². The van der Waals surface area contributed by atoms with E-state index < -0.39 is 0 Å².